The molecule has 2 aromatic carbocycles. The predicted octanol–water partition coefficient (Wildman–Crippen LogP) is 4.28. The summed E-state index contributed by atoms with van der Waals surface area (Å²) in [5.41, 5.74) is 3.81. The molecule has 0 saturated heterocycles. The van der Waals surface area contributed by atoms with Crippen LogP contribution in [-0.4, -0.2) is 12.1 Å². The number of nitrogens with one attached hydrogen (secondary N) is 1. The first-order chi connectivity index (χ1) is 12.2. The number of para-hydroxylation sites is 1. The fourth-order valence-corrected chi connectivity index (χ4v) is 2.23. The number of nitrogens with zero attached hydrogens (tertiary/aromatic N) is 1. The minimum Gasteiger partial charge on any atom is -0.488 e. The van der Waals surface area contributed by atoms with Gasteiger partial charge in [0.15, 0.2) is 0 Å². The molecule has 0 aliphatic rings. The van der Waals surface area contributed by atoms with Gasteiger partial charge in [-0.1, -0.05) is 35.9 Å². The summed E-state index contributed by atoms with van der Waals surface area (Å²) in [5, 5.41) is 4.54. The second kappa shape index (κ2) is 8.17. The quantitative estimate of drug-likeness (QED) is 0.531. The molecule has 0 saturated carbocycles. The number of amides is 1. The number of rotatable bonds is 6. The molecule has 1 heterocycles. The molecule has 1 N–H and O–H groups in total. The van der Waals surface area contributed by atoms with Crippen LogP contribution in [0.2, 0.25) is 5.02 Å². The third-order valence-corrected chi connectivity index (χ3v) is 3.59. The van der Waals surface area contributed by atoms with Gasteiger partial charge in [-0.3, -0.25) is 4.79 Å². The Balaban J connectivity index is 1.65. The van der Waals surface area contributed by atoms with Crippen molar-refractivity contribution in [2.45, 2.75) is 6.61 Å². The molecule has 1 aromatic heterocycles. The zero-order chi connectivity index (χ0) is 17.5. The zero-order valence-electron chi connectivity index (χ0n) is 13.2. The van der Waals surface area contributed by atoms with Gasteiger partial charge in [-0.2, -0.15) is 5.10 Å². The molecule has 6 heteroatoms. The predicted molar refractivity (Wildman–Crippen MR) is 96.0 cm³/mol. The molecular weight excluding hydrogens is 340 g/mol. The minimum absolute atomic E-state index is 0.330. The summed E-state index contributed by atoms with van der Waals surface area (Å²) < 4.78 is 10.9. The molecule has 126 valence electrons. The van der Waals surface area contributed by atoms with Crippen LogP contribution in [0.3, 0.4) is 0 Å². The summed E-state index contributed by atoms with van der Waals surface area (Å²) in [4.78, 5) is 12.3. The number of carbonyl (C=O) groups excluding carboxylic acids is 1. The number of halogens is 1. The van der Waals surface area contributed by atoms with Crippen molar-refractivity contribution < 1.29 is 13.9 Å². The lowest BCUT2D eigenvalue weighted by Crippen LogP contribution is -2.18. The monoisotopic (exact) mass is 354 g/mol. The van der Waals surface area contributed by atoms with Crippen molar-refractivity contribution >= 4 is 23.7 Å². The first kappa shape index (κ1) is 16.8. The van der Waals surface area contributed by atoms with E-state index in [1.807, 2.05) is 12.1 Å². The van der Waals surface area contributed by atoms with E-state index in [2.05, 4.69) is 10.5 Å². The highest BCUT2D eigenvalue weighted by Gasteiger charge is 2.11. The van der Waals surface area contributed by atoms with Crippen molar-refractivity contribution in [1.82, 2.24) is 5.43 Å². The maximum atomic E-state index is 12.3. The highest BCUT2D eigenvalue weighted by molar-refractivity contribution is 6.30. The second-order valence-corrected chi connectivity index (χ2v) is 5.56. The van der Waals surface area contributed by atoms with Gasteiger partial charge in [0.25, 0.3) is 5.91 Å². The van der Waals surface area contributed by atoms with E-state index in [-0.39, 0.29) is 5.91 Å². The van der Waals surface area contributed by atoms with Crippen LogP contribution in [0.4, 0.5) is 0 Å². The van der Waals surface area contributed by atoms with Crippen molar-refractivity contribution in [3.63, 3.8) is 0 Å². The molecule has 25 heavy (non-hydrogen) atoms. The zero-order valence-corrected chi connectivity index (χ0v) is 13.9. The maximum absolute atomic E-state index is 12.3. The van der Waals surface area contributed by atoms with Gasteiger partial charge in [0, 0.05) is 5.02 Å². The van der Waals surface area contributed by atoms with Crippen molar-refractivity contribution in [3.8, 4) is 5.75 Å². The van der Waals surface area contributed by atoms with Gasteiger partial charge in [-0.25, -0.2) is 5.43 Å². The normalized spacial score (nSPS) is 10.8. The Bertz CT molecular complexity index is 859. The standard InChI is InChI=1S/C19H15ClN2O3/c20-15-9-7-14(8-10-15)13-25-18-6-2-1-5-17(18)19(23)22-21-12-16-4-3-11-24-16/h1-12H,13H2,(H,22,23)/b21-12+. The number of furan rings is 1. The van der Waals surface area contributed by atoms with Crippen LogP contribution in [0.5, 0.6) is 5.75 Å². The summed E-state index contributed by atoms with van der Waals surface area (Å²) in [7, 11) is 0. The Kier molecular flexibility index (Phi) is 5.49. The van der Waals surface area contributed by atoms with Gasteiger partial charge >= 0.3 is 0 Å². The van der Waals surface area contributed by atoms with Crippen LogP contribution < -0.4 is 10.2 Å². The lowest BCUT2D eigenvalue weighted by Gasteiger charge is -2.10. The van der Waals surface area contributed by atoms with Crippen molar-refractivity contribution in [3.05, 3.63) is 88.8 Å². The molecule has 0 radical (unpaired) electrons. The number of carbonyl (C=O) groups is 1. The van der Waals surface area contributed by atoms with Crippen LogP contribution >= 0.6 is 11.6 Å². The van der Waals surface area contributed by atoms with E-state index in [0.717, 1.165) is 5.56 Å². The number of hydrogen-bond acceptors (Lipinski definition) is 4. The number of hydrogen-bond donors (Lipinski definition) is 1. The summed E-state index contributed by atoms with van der Waals surface area (Å²) >= 11 is 5.87. The minimum atomic E-state index is -0.366. The summed E-state index contributed by atoms with van der Waals surface area (Å²) in [5.74, 6) is 0.658. The molecule has 0 aliphatic carbocycles. The third kappa shape index (κ3) is 4.71. The smallest absolute Gasteiger partial charge is 0.275 e. The largest absolute Gasteiger partial charge is 0.488 e. The molecule has 0 spiro atoms. The fraction of sp³-hybridized carbons (Fsp3) is 0.0526. The fourth-order valence-electron chi connectivity index (χ4n) is 2.10. The van der Waals surface area contributed by atoms with E-state index in [1.165, 1.54) is 12.5 Å². The molecule has 3 aromatic rings. The molecule has 3 rings (SSSR count). The topological polar surface area (TPSA) is 63.8 Å². The Morgan fingerprint density at radius 2 is 1.92 bits per heavy atom. The van der Waals surface area contributed by atoms with E-state index in [9.17, 15) is 4.79 Å². The molecule has 0 fully saturated rings. The van der Waals surface area contributed by atoms with E-state index in [0.29, 0.717) is 28.7 Å². The molecule has 0 aliphatic heterocycles. The van der Waals surface area contributed by atoms with E-state index < -0.39 is 0 Å². The van der Waals surface area contributed by atoms with Gasteiger partial charge in [-0.05, 0) is 42.0 Å². The molecule has 5 nitrogen and oxygen atoms in total. The number of hydrazone groups is 1. The van der Waals surface area contributed by atoms with Crippen LogP contribution in [0.15, 0.2) is 76.4 Å². The highest BCUT2D eigenvalue weighted by Crippen LogP contribution is 2.20. The van der Waals surface area contributed by atoms with Crippen LogP contribution in [0, 0.1) is 0 Å². The van der Waals surface area contributed by atoms with Gasteiger partial charge < -0.3 is 9.15 Å². The first-order valence-corrected chi connectivity index (χ1v) is 7.93. The van der Waals surface area contributed by atoms with E-state index >= 15 is 0 Å². The van der Waals surface area contributed by atoms with E-state index in [4.69, 9.17) is 20.8 Å². The SMILES string of the molecule is O=C(N/N=C/c1ccco1)c1ccccc1OCc1ccc(Cl)cc1. The average molecular weight is 355 g/mol. The van der Waals surface area contributed by atoms with Crippen molar-refractivity contribution in [1.29, 1.82) is 0 Å². The van der Waals surface area contributed by atoms with Crippen LogP contribution in [0.1, 0.15) is 21.7 Å². The summed E-state index contributed by atoms with van der Waals surface area (Å²) in [6.07, 6.45) is 2.96. The molecular formula is C19H15ClN2O3. The van der Waals surface area contributed by atoms with E-state index in [1.54, 1.807) is 48.5 Å². The number of benzene rings is 2. The van der Waals surface area contributed by atoms with Gasteiger partial charge in [-0.15, -0.1) is 0 Å². The van der Waals surface area contributed by atoms with Gasteiger partial charge in [0.1, 0.15) is 18.1 Å². The second-order valence-electron chi connectivity index (χ2n) is 5.13. The van der Waals surface area contributed by atoms with Crippen molar-refractivity contribution in [2.24, 2.45) is 5.10 Å². The Labute approximate surface area is 149 Å². The molecule has 0 bridgehead atoms. The third-order valence-electron chi connectivity index (χ3n) is 3.34. The number of ether oxygens (including phenoxy) is 1. The Hall–Kier alpha value is -3.05. The highest BCUT2D eigenvalue weighted by atomic mass is 35.5. The maximum Gasteiger partial charge on any atom is 0.275 e. The Morgan fingerprint density at radius 3 is 2.68 bits per heavy atom. The molecule has 0 atom stereocenters. The van der Waals surface area contributed by atoms with Gasteiger partial charge in [0.05, 0.1) is 18.0 Å². The van der Waals surface area contributed by atoms with Crippen LogP contribution in [-0.2, 0) is 6.61 Å². The lowest BCUT2D eigenvalue weighted by atomic mass is 10.2. The summed E-state index contributed by atoms with van der Waals surface area (Å²) in [6, 6.07) is 17.8. The average Bonchev–Trinajstić information content (AvgIpc) is 3.15. The Morgan fingerprint density at radius 1 is 1.12 bits per heavy atom. The summed E-state index contributed by atoms with van der Waals surface area (Å²) in [6.45, 7) is 0.330. The molecule has 1 amide bonds. The lowest BCUT2D eigenvalue weighted by molar-refractivity contribution is 0.0950. The first-order valence-electron chi connectivity index (χ1n) is 7.55. The van der Waals surface area contributed by atoms with Crippen LogP contribution in [0.25, 0.3) is 0 Å². The molecule has 0 unspecified atom stereocenters. The van der Waals surface area contributed by atoms with Crippen molar-refractivity contribution in [2.75, 3.05) is 0 Å². The van der Waals surface area contributed by atoms with Gasteiger partial charge in [0.2, 0.25) is 0 Å².